The number of ether oxygens (including phenoxy) is 2. The molecule has 3 aromatic rings. The zero-order valence-electron chi connectivity index (χ0n) is 18.2. The first-order chi connectivity index (χ1) is 15.5. The Kier molecular flexibility index (Phi) is 8.28. The number of nitrogens with zero attached hydrogens (tertiary/aromatic N) is 1. The second-order valence-corrected chi connectivity index (χ2v) is 7.82. The van der Waals surface area contributed by atoms with Crippen LogP contribution in [0, 0.1) is 0 Å². The summed E-state index contributed by atoms with van der Waals surface area (Å²) in [5, 5.41) is 0.252. The van der Waals surface area contributed by atoms with E-state index in [4.69, 9.17) is 21.1 Å². The average Bonchev–Trinajstić information content (AvgIpc) is 2.83. The highest BCUT2D eigenvalue weighted by Gasteiger charge is 2.14. The maximum Gasteiger partial charge on any atom is 0.260 e. The van der Waals surface area contributed by atoms with Gasteiger partial charge in [-0.05, 0) is 35.6 Å². The van der Waals surface area contributed by atoms with Gasteiger partial charge in [0.25, 0.3) is 5.91 Å². The summed E-state index contributed by atoms with van der Waals surface area (Å²) in [4.78, 5) is 25.1. The Hall–Kier alpha value is -3.31. The minimum Gasteiger partial charge on any atom is -0.496 e. The normalized spacial score (nSPS) is 10.5. The molecule has 0 spiro atoms. The molecule has 0 heterocycles. The minimum atomic E-state index is -0.154. The van der Waals surface area contributed by atoms with Gasteiger partial charge in [-0.15, -0.1) is 0 Å². The third-order valence-corrected chi connectivity index (χ3v) is 5.50. The van der Waals surface area contributed by atoms with Crippen molar-refractivity contribution < 1.29 is 19.1 Å². The molecule has 0 aliphatic carbocycles. The van der Waals surface area contributed by atoms with Crippen LogP contribution in [0.25, 0.3) is 11.1 Å². The minimum absolute atomic E-state index is 0.147. The number of hydrogen-bond donors (Lipinski definition) is 0. The Balaban J connectivity index is 1.46. The van der Waals surface area contributed by atoms with Crippen LogP contribution in [0.5, 0.6) is 11.5 Å². The zero-order valence-corrected chi connectivity index (χ0v) is 19.0. The van der Waals surface area contributed by atoms with Gasteiger partial charge in [0.2, 0.25) is 0 Å². The van der Waals surface area contributed by atoms with Crippen molar-refractivity contribution in [2.24, 2.45) is 0 Å². The summed E-state index contributed by atoms with van der Waals surface area (Å²) in [7, 11) is 3.20. The molecular formula is C26H26ClNO4. The zero-order chi connectivity index (χ0) is 22.9. The first-order valence-electron chi connectivity index (χ1n) is 10.4. The number of methoxy groups -OCH3 is 1. The molecule has 6 heteroatoms. The first kappa shape index (κ1) is 23.4. The molecule has 0 fully saturated rings. The molecule has 0 aliphatic heterocycles. The Morgan fingerprint density at radius 1 is 1.00 bits per heavy atom. The van der Waals surface area contributed by atoms with Crippen molar-refractivity contribution in [3.05, 3.63) is 82.9 Å². The molecule has 0 aromatic heterocycles. The number of carbonyl (C=O) groups is 2. The summed E-state index contributed by atoms with van der Waals surface area (Å²) in [6.07, 6.45) is 2.38. The lowest BCUT2D eigenvalue weighted by Crippen LogP contribution is -2.32. The van der Waals surface area contributed by atoms with Gasteiger partial charge in [0.1, 0.15) is 11.5 Å². The van der Waals surface area contributed by atoms with Crippen LogP contribution in [0.3, 0.4) is 0 Å². The highest BCUT2D eigenvalue weighted by Crippen LogP contribution is 2.32. The highest BCUT2D eigenvalue weighted by molar-refractivity contribution is 6.32. The molecule has 3 rings (SSSR count). The number of rotatable bonds is 10. The Bertz CT molecular complexity index is 1050. The fourth-order valence-electron chi connectivity index (χ4n) is 3.32. The van der Waals surface area contributed by atoms with Gasteiger partial charge in [-0.25, -0.2) is 0 Å². The number of likely N-dealkylation sites (N-methyl/N-ethyl adjacent to an activating group) is 1. The molecule has 32 heavy (non-hydrogen) atoms. The van der Waals surface area contributed by atoms with Gasteiger partial charge < -0.3 is 14.4 Å². The van der Waals surface area contributed by atoms with Gasteiger partial charge in [0.15, 0.2) is 12.9 Å². The molecule has 3 aromatic carbocycles. The van der Waals surface area contributed by atoms with Crippen molar-refractivity contribution in [1.82, 2.24) is 4.90 Å². The molecule has 0 aliphatic rings. The summed E-state index contributed by atoms with van der Waals surface area (Å²) < 4.78 is 10.7. The summed E-state index contributed by atoms with van der Waals surface area (Å²) >= 11 is 6.14. The van der Waals surface area contributed by atoms with Crippen molar-refractivity contribution in [2.45, 2.75) is 12.8 Å². The largest absolute Gasteiger partial charge is 0.496 e. The van der Waals surface area contributed by atoms with Crippen LogP contribution in [-0.2, 0) is 11.2 Å². The Morgan fingerprint density at radius 2 is 1.69 bits per heavy atom. The SMILES string of the molecule is COc1cc(OCC(=O)N(C)CCCc2ccc(-c3ccccc3)cc2)c(Cl)cc1C=O. The second-order valence-electron chi connectivity index (χ2n) is 7.41. The van der Waals surface area contributed by atoms with E-state index in [2.05, 4.69) is 36.4 Å². The van der Waals surface area contributed by atoms with Crippen molar-refractivity contribution in [3.8, 4) is 22.6 Å². The third-order valence-electron chi connectivity index (χ3n) is 5.21. The molecule has 5 nitrogen and oxygen atoms in total. The Labute approximate surface area is 193 Å². The van der Waals surface area contributed by atoms with Crippen LogP contribution < -0.4 is 9.47 Å². The predicted octanol–water partition coefficient (Wildman–Crippen LogP) is 5.30. The van der Waals surface area contributed by atoms with Crippen LogP contribution in [0.4, 0.5) is 0 Å². The van der Waals surface area contributed by atoms with E-state index in [0.717, 1.165) is 12.8 Å². The molecule has 0 radical (unpaired) electrons. The van der Waals surface area contributed by atoms with Crippen molar-refractivity contribution >= 4 is 23.8 Å². The average molecular weight is 452 g/mol. The monoisotopic (exact) mass is 451 g/mol. The summed E-state index contributed by atoms with van der Waals surface area (Å²) in [5.41, 5.74) is 3.94. The fraction of sp³-hybridized carbons (Fsp3) is 0.231. The van der Waals surface area contributed by atoms with Crippen molar-refractivity contribution in [3.63, 3.8) is 0 Å². The van der Waals surface area contributed by atoms with E-state index in [1.54, 1.807) is 11.9 Å². The number of aryl methyl sites for hydroxylation is 1. The van der Waals surface area contributed by atoms with E-state index in [1.165, 1.54) is 35.9 Å². The number of aldehydes is 1. The molecule has 0 saturated carbocycles. The van der Waals surface area contributed by atoms with Gasteiger partial charge in [-0.3, -0.25) is 9.59 Å². The van der Waals surface area contributed by atoms with E-state index < -0.39 is 0 Å². The van der Waals surface area contributed by atoms with E-state index in [0.29, 0.717) is 29.9 Å². The summed E-state index contributed by atoms with van der Waals surface area (Å²) in [6, 6.07) is 21.7. The predicted molar refractivity (Wildman–Crippen MR) is 127 cm³/mol. The van der Waals surface area contributed by atoms with Crippen molar-refractivity contribution in [1.29, 1.82) is 0 Å². The number of carbonyl (C=O) groups excluding carboxylic acids is 2. The first-order valence-corrected chi connectivity index (χ1v) is 10.7. The van der Waals surface area contributed by atoms with E-state index in [1.807, 2.05) is 18.2 Å². The van der Waals surface area contributed by atoms with Gasteiger partial charge in [-0.1, -0.05) is 66.2 Å². The topological polar surface area (TPSA) is 55.8 Å². The molecule has 0 saturated heterocycles. The Morgan fingerprint density at radius 3 is 2.34 bits per heavy atom. The van der Waals surface area contributed by atoms with Gasteiger partial charge >= 0.3 is 0 Å². The lowest BCUT2D eigenvalue weighted by molar-refractivity contribution is -0.132. The maximum absolute atomic E-state index is 12.4. The van der Waals surface area contributed by atoms with Crippen LogP contribution in [0.2, 0.25) is 5.02 Å². The van der Waals surface area contributed by atoms with Gasteiger partial charge in [0.05, 0.1) is 17.7 Å². The standard InChI is InChI=1S/C26H26ClNO4/c1-28(26(30)18-32-25-16-24(31-2)22(17-29)15-23(25)27)14-6-7-19-10-12-21(13-11-19)20-8-4-3-5-9-20/h3-5,8-13,15-17H,6-7,14,18H2,1-2H3. The number of hydrogen-bond acceptors (Lipinski definition) is 4. The molecule has 166 valence electrons. The summed E-state index contributed by atoms with van der Waals surface area (Å²) in [5.74, 6) is 0.492. The lowest BCUT2D eigenvalue weighted by atomic mass is 10.0. The van der Waals surface area contributed by atoms with E-state index in [-0.39, 0.29) is 17.5 Å². The third kappa shape index (κ3) is 6.11. The lowest BCUT2D eigenvalue weighted by Gasteiger charge is -2.18. The van der Waals surface area contributed by atoms with Crippen LogP contribution in [-0.4, -0.2) is 44.4 Å². The van der Waals surface area contributed by atoms with Crippen molar-refractivity contribution in [2.75, 3.05) is 27.3 Å². The highest BCUT2D eigenvalue weighted by atomic mass is 35.5. The smallest absolute Gasteiger partial charge is 0.260 e. The molecular weight excluding hydrogens is 426 g/mol. The van der Waals surface area contributed by atoms with Crippen LogP contribution in [0.1, 0.15) is 22.3 Å². The fourth-order valence-corrected chi connectivity index (χ4v) is 3.55. The number of benzene rings is 3. The number of amides is 1. The van der Waals surface area contributed by atoms with E-state index in [9.17, 15) is 9.59 Å². The molecule has 0 bridgehead atoms. The molecule has 0 atom stereocenters. The second kappa shape index (κ2) is 11.3. The summed E-state index contributed by atoms with van der Waals surface area (Å²) in [6.45, 7) is 0.468. The van der Waals surface area contributed by atoms with Crippen LogP contribution in [0.15, 0.2) is 66.7 Å². The van der Waals surface area contributed by atoms with Gasteiger partial charge in [0, 0.05) is 19.7 Å². The quantitative estimate of drug-likeness (QED) is 0.392. The maximum atomic E-state index is 12.4. The molecule has 0 N–H and O–H groups in total. The van der Waals surface area contributed by atoms with Crippen LogP contribution >= 0.6 is 11.6 Å². The number of halogens is 1. The molecule has 0 unspecified atom stereocenters. The van der Waals surface area contributed by atoms with E-state index >= 15 is 0 Å². The van der Waals surface area contributed by atoms with Gasteiger partial charge in [-0.2, -0.15) is 0 Å². The molecule has 1 amide bonds.